The lowest BCUT2D eigenvalue weighted by Crippen LogP contribution is -2.30. The standard InChI is InChI=1S/C73H142O17P2/c1-8-9-10-11-12-13-14-15-16-17-18-21-25-35-42-49-56-72(77)89-68(60-83-70(75)54-47-40-33-24-22-19-20-23-30-37-44-51-64(2)3)62-87-91(79,80)85-58-67(74)59-86-92(81,82)88-63-69(90-73(78)57-50-43-36-29-27-32-39-46-53-66(6)7)61-84-71(76)55-48-41-34-28-26-31-38-45-52-65(4)5/h64-69,74H,8-63H2,1-7H3,(H,79,80)(H,81,82)/t67-,68-,69-/m1/s1. The van der Waals surface area contributed by atoms with E-state index >= 15 is 0 Å². The van der Waals surface area contributed by atoms with Crippen LogP contribution in [0.15, 0.2) is 0 Å². The second-order valence-electron chi connectivity index (χ2n) is 27.8. The number of unbranched alkanes of at least 4 members (excludes halogenated alkanes) is 39. The van der Waals surface area contributed by atoms with Gasteiger partial charge in [-0.15, -0.1) is 0 Å². The van der Waals surface area contributed by atoms with Crippen molar-refractivity contribution in [3.05, 3.63) is 0 Å². The molecule has 0 aliphatic heterocycles. The maximum Gasteiger partial charge on any atom is 0.472 e. The van der Waals surface area contributed by atoms with Crippen molar-refractivity contribution in [2.24, 2.45) is 17.8 Å². The van der Waals surface area contributed by atoms with E-state index in [9.17, 15) is 43.2 Å². The zero-order valence-corrected chi connectivity index (χ0v) is 61.8. The second-order valence-corrected chi connectivity index (χ2v) is 30.7. The van der Waals surface area contributed by atoms with Gasteiger partial charge in [0.1, 0.15) is 19.3 Å². The molecule has 0 aromatic carbocycles. The molecule has 0 radical (unpaired) electrons. The van der Waals surface area contributed by atoms with Crippen molar-refractivity contribution in [3.63, 3.8) is 0 Å². The average Bonchev–Trinajstić information content (AvgIpc) is 1.50. The van der Waals surface area contributed by atoms with Gasteiger partial charge >= 0.3 is 39.5 Å². The predicted octanol–water partition coefficient (Wildman–Crippen LogP) is 21.0. The number of hydrogen-bond donors (Lipinski definition) is 3. The number of rotatable bonds is 71. The van der Waals surface area contributed by atoms with Gasteiger partial charge in [-0.05, 0) is 43.4 Å². The summed E-state index contributed by atoms with van der Waals surface area (Å²) < 4.78 is 68.4. The average molecular weight is 1350 g/mol. The van der Waals surface area contributed by atoms with Gasteiger partial charge in [0.2, 0.25) is 0 Å². The molecule has 0 rings (SSSR count). The number of phosphoric ester groups is 2. The summed E-state index contributed by atoms with van der Waals surface area (Å²) in [5.41, 5.74) is 0. The van der Waals surface area contributed by atoms with Crippen molar-refractivity contribution >= 4 is 39.5 Å². The number of ether oxygens (including phenoxy) is 4. The molecular formula is C73H142O17P2. The number of phosphoric acid groups is 2. The first-order chi connectivity index (χ1) is 44.2. The van der Waals surface area contributed by atoms with Gasteiger partial charge < -0.3 is 33.8 Å². The monoisotopic (exact) mass is 1350 g/mol. The Morgan fingerprint density at radius 1 is 0.293 bits per heavy atom. The molecule has 3 N–H and O–H groups in total. The molecule has 546 valence electrons. The third kappa shape index (κ3) is 66.7. The number of aliphatic hydroxyl groups excluding tert-OH is 1. The van der Waals surface area contributed by atoms with Crippen molar-refractivity contribution in [3.8, 4) is 0 Å². The van der Waals surface area contributed by atoms with E-state index < -0.39 is 97.5 Å². The third-order valence-electron chi connectivity index (χ3n) is 16.9. The number of carbonyl (C=O) groups excluding carboxylic acids is 4. The fourth-order valence-electron chi connectivity index (χ4n) is 11.1. The molecule has 19 heteroatoms. The Bertz CT molecular complexity index is 1800. The molecule has 0 bridgehead atoms. The smallest absolute Gasteiger partial charge is 0.462 e. The van der Waals surface area contributed by atoms with Crippen molar-refractivity contribution in [1.29, 1.82) is 0 Å². The van der Waals surface area contributed by atoms with E-state index in [0.717, 1.165) is 108 Å². The molecular weight excluding hydrogens is 1210 g/mol. The molecule has 0 aromatic heterocycles. The molecule has 0 spiro atoms. The van der Waals surface area contributed by atoms with Gasteiger partial charge in [-0.2, -0.15) is 0 Å². The molecule has 0 heterocycles. The van der Waals surface area contributed by atoms with Gasteiger partial charge in [0.05, 0.1) is 26.4 Å². The molecule has 2 unspecified atom stereocenters. The first-order valence-electron chi connectivity index (χ1n) is 37.8. The van der Waals surface area contributed by atoms with Gasteiger partial charge in [-0.1, -0.05) is 318 Å². The first kappa shape index (κ1) is 90.1. The largest absolute Gasteiger partial charge is 0.472 e. The Morgan fingerprint density at radius 3 is 0.739 bits per heavy atom. The van der Waals surface area contributed by atoms with Gasteiger partial charge in [-0.3, -0.25) is 37.3 Å². The summed E-state index contributed by atoms with van der Waals surface area (Å²) in [5, 5.41) is 10.6. The Labute approximate surface area is 562 Å². The van der Waals surface area contributed by atoms with Gasteiger partial charge in [0, 0.05) is 25.7 Å². The normalized spacial score (nSPS) is 14.1. The summed E-state index contributed by atoms with van der Waals surface area (Å²) in [7, 11) is -9.91. The van der Waals surface area contributed by atoms with Crippen LogP contribution in [0.4, 0.5) is 0 Å². The van der Waals surface area contributed by atoms with Crippen LogP contribution in [-0.2, 0) is 65.4 Å². The topological polar surface area (TPSA) is 237 Å². The molecule has 17 nitrogen and oxygen atoms in total. The summed E-state index contributed by atoms with van der Waals surface area (Å²) in [4.78, 5) is 72.7. The minimum Gasteiger partial charge on any atom is -0.462 e. The quantitative estimate of drug-likeness (QED) is 0.0222. The van der Waals surface area contributed by atoms with Crippen LogP contribution in [0.1, 0.15) is 370 Å². The van der Waals surface area contributed by atoms with Crippen molar-refractivity contribution in [2.75, 3.05) is 39.6 Å². The minimum absolute atomic E-state index is 0.104. The molecule has 92 heavy (non-hydrogen) atoms. The van der Waals surface area contributed by atoms with Crippen LogP contribution in [0, 0.1) is 17.8 Å². The SMILES string of the molecule is CCCCCCCCCCCCCCCCCCC(=O)O[C@H](COC(=O)CCCCCCCCCCCCCC(C)C)COP(=O)(O)OC[C@@H](O)COP(=O)(O)OC[C@@H](COC(=O)CCCCCCCCCCC(C)C)OC(=O)CCCCCCCCCCC(C)C. The molecule has 0 amide bonds. The van der Waals surface area contributed by atoms with E-state index in [1.807, 2.05) is 0 Å². The zero-order chi connectivity index (χ0) is 68.0. The Hall–Kier alpha value is -1.94. The predicted molar refractivity (Wildman–Crippen MR) is 372 cm³/mol. The Kier molecular flexibility index (Phi) is 62.4. The first-order valence-corrected chi connectivity index (χ1v) is 40.8. The van der Waals surface area contributed by atoms with Crippen LogP contribution in [-0.4, -0.2) is 96.7 Å². The lowest BCUT2D eigenvalue weighted by Gasteiger charge is -2.21. The number of carbonyl (C=O) groups is 4. The lowest BCUT2D eigenvalue weighted by molar-refractivity contribution is -0.161. The van der Waals surface area contributed by atoms with Crippen LogP contribution < -0.4 is 0 Å². The minimum atomic E-state index is -4.95. The van der Waals surface area contributed by atoms with Crippen molar-refractivity contribution in [2.45, 2.75) is 388 Å². The summed E-state index contributed by atoms with van der Waals surface area (Å²) in [5.74, 6) is 0.0926. The molecule has 0 aliphatic carbocycles. The van der Waals surface area contributed by atoms with Gasteiger partial charge in [-0.25, -0.2) is 9.13 Å². The molecule has 5 atom stereocenters. The Morgan fingerprint density at radius 2 is 0.500 bits per heavy atom. The summed E-state index contributed by atoms with van der Waals surface area (Å²) in [6, 6.07) is 0. The third-order valence-corrected chi connectivity index (χ3v) is 18.8. The molecule has 0 saturated heterocycles. The van der Waals surface area contributed by atoms with Crippen LogP contribution in [0.25, 0.3) is 0 Å². The second kappa shape index (κ2) is 63.8. The lowest BCUT2D eigenvalue weighted by atomic mass is 10.0. The fourth-order valence-corrected chi connectivity index (χ4v) is 12.7. The molecule has 0 fully saturated rings. The van der Waals surface area contributed by atoms with Crippen LogP contribution in [0.2, 0.25) is 0 Å². The van der Waals surface area contributed by atoms with E-state index in [4.69, 9.17) is 37.0 Å². The molecule has 0 aromatic rings. The number of aliphatic hydroxyl groups is 1. The molecule has 0 saturated carbocycles. The highest BCUT2D eigenvalue weighted by molar-refractivity contribution is 7.47. The highest BCUT2D eigenvalue weighted by atomic mass is 31.2. The van der Waals surface area contributed by atoms with E-state index in [2.05, 4.69) is 48.5 Å². The van der Waals surface area contributed by atoms with E-state index in [1.165, 1.54) is 180 Å². The maximum atomic E-state index is 13.1. The van der Waals surface area contributed by atoms with Crippen LogP contribution in [0.3, 0.4) is 0 Å². The van der Waals surface area contributed by atoms with Crippen LogP contribution in [0.5, 0.6) is 0 Å². The number of esters is 4. The van der Waals surface area contributed by atoms with E-state index in [-0.39, 0.29) is 25.7 Å². The van der Waals surface area contributed by atoms with E-state index in [0.29, 0.717) is 25.7 Å². The highest BCUT2D eigenvalue weighted by Crippen LogP contribution is 2.45. The Balaban J connectivity index is 5.25. The maximum absolute atomic E-state index is 13.1. The van der Waals surface area contributed by atoms with Crippen LogP contribution >= 0.6 is 15.6 Å². The highest BCUT2D eigenvalue weighted by Gasteiger charge is 2.30. The van der Waals surface area contributed by atoms with Gasteiger partial charge in [0.25, 0.3) is 0 Å². The summed E-state index contributed by atoms with van der Waals surface area (Å²) in [6.45, 7) is 11.8. The van der Waals surface area contributed by atoms with Crippen molar-refractivity contribution < 1.29 is 80.2 Å². The van der Waals surface area contributed by atoms with Crippen molar-refractivity contribution in [1.82, 2.24) is 0 Å². The zero-order valence-electron chi connectivity index (χ0n) is 60.0. The number of hydrogen-bond acceptors (Lipinski definition) is 15. The van der Waals surface area contributed by atoms with E-state index in [1.54, 1.807) is 0 Å². The van der Waals surface area contributed by atoms with Gasteiger partial charge in [0.15, 0.2) is 12.2 Å². The summed E-state index contributed by atoms with van der Waals surface area (Å²) in [6.07, 6.45) is 48.6. The summed E-state index contributed by atoms with van der Waals surface area (Å²) >= 11 is 0. The molecule has 0 aliphatic rings. The fraction of sp³-hybridized carbons (Fsp3) is 0.945.